The standard InChI is InChI=1S/C20H20ClN3O4/c1-12-19(26)24-16-11-15(8-9-17(16)28-12)23-18(25)3-2-10-22-20(27)13-4-6-14(21)7-5-13/h4-9,11-12H,2-3,10H2,1H3,(H,22,27)(H,23,25)(H,24,26)/t12-/m0/s1. The summed E-state index contributed by atoms with van der Waals surface area (Å²) in [5.74, 6) is -0.0590. The van der Waals surface area contributed by atoms with E-state index in [9.17, 15) is 14.4 Å². The first-order chi connectivity index (χ1) is 13.4. The Morgan fingerprint density at radius 2 is 1.93 bits per heavy atom. The number of fused-ring (bicyclic) bond motifs is 1. The normalized spacial score (nSPS) is 15.1. The van der Waals surface area contributed by atoms with Gasteiger partial charge in [-0.3, -0.25) is 14.4 Å². The van der Waals surface area contributed by atoms with Crippen molar-refractivity contribution in [2.75, 3.05) is 17.2 Å². The lowest BCUT2D eigenvalue weighted by atomic mass is 10.2. The fraction of sp³-hybridized carbons (Fsp3) is 0.250. The molecule has 0 radical (unpaired) electrons. The molecule has 2 aromatic rings. The van der Waals surface area contributed by atoms with Gasteiger partial charge in [0.1, 0.15) is 5.75 Å². The summed E-state index contributed by atoms with van der Waals surface area (Å²) in [4.78, 5) is 35.7. The smallest absolute Gasteiger partial charge is 0.265 e. The second-order valence-electron chi connectivity index (χ2n) is 6.37. The van der Waals surface area contributed by atoms with Crippen LogP contribution >= 0.6 is 11.6 Å². The van der Waals surface area contributed by atoms with Crippen LogP contribution in [0.4, 0.5) is 11.4 Å². The van der Waals surface area contributed by atoms with Crippen LogP contribution in [0, 0.1) is 0 Å². The lowest BCUT2D eigenvalue weighted by Crippen LogP contribution is -2.34. The van der Waals surface area contributed by atoms with E-state index < -0.39 is 6.10 Å². The third-order valence-electron chi connectivity index (χ3n) is 4.17. The van der Waals surface area contributed by atoms with E-state index in [1.54, 1.807) is 49.4 Å². The third kappa shape index (κ3) is 5.01. The van der Waals surface area contributed by atoms with Crippen molar-refractivity contribution < 1.29 is 19.1 Å². The van der Waals surface area contributed by atoms with Crippen molar-refractivity contribution in [1.29, 1.82) is 0 Å². The fourth-order valence-corrected chi connectivity index (χ4v) is 2.79. The number of carbonyl (C=O) groups excluding carboxylic acids is 3. The Bertz CT molecular complexity index is 899. The molecule has 146 valence electrons. The molecule has 28 heavy (non-hydrogen) atoms. The molecule has 3 amide bonds. The van der Waals surface area contributed by atoms with Gasteiger partial charge >= 0.3 is 0 Å². The molecule has 0 aromatic heterocycles. The molecule has 0 saturated heterocycles. The number of hydrogen-bond acceptors (Lipinski definition) is 4. The highest BCUT2D eigenvalue weighted by Gasteiger charge is 2.23. The molecule has 2 aromatic carbocycles. The fourth-order valence-electron chi connectivity index (χ4n) is 2.66. The molecule has 8 heteroatoms. The maximum absolute atomic E-state index is 12.1. The van der Waals surface area contributed by atoms with E-state index in [0.29, 0.717) is 40.7 Å². The van der Waals surface area contributed by atoms with E-state index in [1.807, 2.05) is 0 Å². The molecular formula is C20H20ClN3O4. The van der Waals surface area contributed by atoms with Gasteiger partial charge in [-0.05, 0) is 55.8 Å². The molecule has 1 atom stereocenters. The van der Waals surface area contributed by atoms with E-state index in [-0.39, 0.29) is 24.1 Å². The molecule has 0 bridgehead atoms. The first kappa shape index (κ1) is 19.7. The summed E-state index contributed by atoms with van der Waals surface area (Å²) in [5.41, 5.74) is 1.60. The molecule has 1 aliphatic heterocycles. The van der Waals surface area contributed by atoms with E-state index in [1.165, 1.54) is 0 Å². The summed E-state index contributed by atoms with van der Waals surface area (Å²) >= 11 is 5.79. The van der Waals surface area contributed by atoms with Crippen LogP contribution in [0.5, 0.6) is 5.75 Å². The van der Waals surface area contributed by atoms with Gasteiger partial charge in [0, 0.05) is 29.2 Å². The molecule has 0 saturated carbocycles. The zero-order valence-electron chi connectivity index (χ0n) is 15.3. The Balaban J connectivity index is 1.43. The number of hydrogen-bond donors (Lipinski definition) is 3. The maximum Gasteiger partial charge on any atom is 0.265 e. The highest BCUT2D eigenvalue weighted by Crippen LogP contribution is 2.32. The van der Waals surface area contributed by atoms with Crippen molar-refractivity contribution in [3.63, 3.8) is 0 Å². The Morgan fingerprint density at radius 3 is 2.68 bits per heavy atom. The van der Waals surface area contributed by atoms with Crippen molar-refractivity contribution in [1.82, 2.24) is 5.32 Å². The Hall–Kier alpha value is -3.06. The molecular weight excluding hydrogens is 382 g/mol. The van der Waals surface area contributed by atoms with Crippen molar-refractivity contribution in [2.24, 2.45) is 0 Å². The van der Waals surface area contributed by atoms with Crippen LogP contribution in [0.15, 0.2) is 42.5 Å². The van der Waals surface area contributed by atoms with Crippen molar-refractivity contribution in [2.45, 2.75) is 25.9 Å². The number of benzene rings is 2. The van der Waals surface area contributed by atoms with E-state index in [2.05, 4.69) is 16.0 Å². The topological polar surface area (TPSA) is 96.5 Å². The molecule has 7 nitrogen and oxygen atoms in total. The number of carbonyl (C=O) groups is 3. The molecule has 3 N–H and O–H groups in total. The average molecular weight is 402 g/mol. The molecule has 3 rings (SSSR count). The average Bonchev–Trinajstić information content (AvgIpc) is 2.67. The molecule has 1 heterocycles. The highest BCUT2D eigenvalue weighted by molar-refractivity contribution is 6.30. The summed E-state index contributed by atoms with van der Waals surface area (Å²) in [5, 5.41) is 8.83. The van der Waals surface area contributed by atoms with Crippen molar-refractivity contribution in [3.8, 4) is 5.75 Å². The maximum atomic E-state index is 12.1. The van der Waals surface area contributed by atoms with Crippen LogP contribution in [0.2, 0.25) is 5.02 Å². The summed E-state index contributed by atoms with van der Waals surface area (Å²) in [6.07, 6.45) is 0.196. The predicted molar refractivity (Wildman–Crippen MR) is 107 cm³/mol. The minimum absolute atomic E-state index is 0.183. The number of ether oxygens (including phenoxy) is 1. The molecule has 1 aliphatic rings. The summed E-state index contributed by atoms with van der Waals surface area (Å²) in [7, 11) is 0. The largest absolute Gasteiger partial charge is 0.479 e. The van der Waals surface area contributed by atoms with Gasteiger partial charge in [-0.1, -0.05) is 11.6 Å². The number of halogens is 1. The van der Waals surface area contributed by atoms with Gasteiger partial charge in [0.25, 0.3) is 11.8 Å². The molecule has 0 spiro atoms. The van der Waals surface area contributed by atoms with Crippen molar-refractivity contribution >= 4 is 40.7 Å². The lowest BCUT2D eigenvalue weighted by molar-refractivity contribution is -0.122. The van der Waals surface area contributed by atoms with Gasteiger partial charge in [0.15, 0.2) is 6.10 Å². The first-order valence-corrected chi connectivity index (χ1v) is 9.25. The van der Waals surface area contributed by atoms with Crippen LogP contribution in [0.25, 0.3) is 0 Å². The van der Waals surface area contributed by atoms with Crippen LogP contribution in [-0.2, 0) is 9.59 Å². The van der Waals surface area contributed by atoms with Gasteiger partial charge < -0.3 is 20.7 Å². The van der Waals surface area contributed by atoms with E-state index in [4.69, 9.17) is 16.3 Å². The number of anilines is 2. The second-order valence-corrected chi connectivity index (χ2v) is 6.81. The van der Waals surface area contributed by atoms with Gasteiger partial charge in [-0.15, -0.1) is 0 Å². The molecule has 0 fully saturated rings. The minimum Gasteiger partial charge on any atom is -0.479 e. The summed E-state index contributed by atoms with van der Waals surface area (Å²) in [6, 6.07) is 11.6. The Morgan fingerprint density at radius 1 is 1.18 bits per heavy atom. The zero-order chi connectivity index (χ0) is 20.1. The van der Waals surface area contributed by atoms with Crippen LogP contribution < -0.4 is 20.7 Å². The van der Waals surface area contributed by atoms with Gasteiger partial charge in [0.2, 0.25) is 5.91 Å². The SMILES string of the molecule is C[C@@H]1Oc2ccc(NC(=O)CCCNC(=O)c3ccc(Cl)cc3)cc2NC1=O. The van der Waals surface area contributed by atoms with Crippen LogP contribution in [0.1, 0.15) is 30.1 Å². The number of rotatable bonds is 6. The highest BCUT2D eigenvalue weighted by atomic mass is 35.5. The lowest BCUT2D eigenvalue weighted by Gasteiger charge is -2.23. The number of nitrogens with one attached hydrogen (secondary N) is 3. The second kappa shape index (κ2) is 8.75. The molecule has 0 unspecified atom stereocenters. The third-order valence-corrected chi connectivity index (χ3v) is 4.42. The first-order valence-electron chi connectivity index (χ1n) is 8.87. The van der Waals surface area contributed by atoms with Gasteiger partial charge in [-0.25, -0.2) is 0 Å². The van der Waals surface area contributed by atoms with E-state index in [0.717, 1.165) is 0 Å². The summed E-state index contributed by atoms with van der Waals surface area (Å²) < 4.78 is 5.48. The van der Waals surface area contributed by atoms with Crippen molar-refractivity contribution in [3.05, 3.63) is 53.1 Å². The quantitative estimate of drug-likeness (QED) is 0.647. The van der Waals surface area contributed by atoms with Gasteiger partial charge in [-0.2, -0.15) is 0 Å². The summed E-state index contributed by atoms with van der Waals surface area (Å²) in [6.45, 7) is 2.04. The molecule has 0 aliphatic carbocycles. The minimum atomic E-state index is -0.545. The Kier molecular flexibility index (Phi) is 6.16. The number of amides is 3. The monoisotopic (exact) mass is 401 g/mol. The Labute approximate surface area is 167 Å². The van der Waals surface area contributed by atoms with Gasteiger partial charge in [0.05, 0.1) is 5.69 Å². The van der Waals surface area contributed by atoms with E-state index >= 15 is 0 Å². The van der Waals surface area contributed by atoms with Crippen LogP contribution in [0.3, 0.4) is 0 Å². The zero-order valence-corrected chi connectivity index (χ0v) is 16.0. The van der Waals surface area contributed by atoms with Crippen LogP contribution in [-0.4, -0.2) is 30.4 Å². The predicted octanol–water partition coefficient (Wildman–Crippen LogP) is 3.21.